The maximum atomic E-state index is 3.42. The minimum absolute atomic E-state index is 1.16. The van der Waals surface area contributed by atoms with Crippen LogP contribution in [0.1, 0.15) is 0 Å². The summed E-state index contributed by atoms with van der Waals surface area (Å²) in [4.78, 5) is 0. The van der Waals surface area contributed by atoms with Crippen molar-refractivity contribution in [3.05, 3.63) is 82.4 Å². The quantitative estimate of drug-likeness (QED) is 0.125. The van der Waals surface area contributed by atoms with Gasteiger partial charge in [0.2, 0.25) is 0 Å². The predicted octanol–water partition coefficient (Wildman–Crippen LogP) is 7.89. The van der Waals surface area contributed by atoms with Gasteiger partial charge in [-0.15, -0.1) is 0 Å². The van der Waals surface area contributed by atoms with Crippen LogP contribution in [0.25, 0.3) is 64.6 Å². The first-order valence-electron chi connectivity index (χ1n) is 9.15. The molecule has 0 amide bonds. The van der Waals surface area contributed by atoms with E-state index in [9.17, 15) is 0 Å². The number of hydrogen-bond donors (Lipinski definition) is 0. The lowest BCUT2D eigenvalue weighted by atomic mass is 9.83. The fourth-order valence-electron chi connectivity index (χ4n) is 5.09. The van der Waals surface area contributed by atoms with E-state index >= 15 is 0 Å². The molecule has 0 fully saturated rings. The van der Waals surface area contributed by atoms with Crippen molar-refractivity contribution >= 4 is 87.2 Å². The first-order valence-corrected chi connectivity index (χ1v) is 10.2. The molecule has 0 aliphatic heterocycles. The second kappa shape index (κ2) is 4.79. The molecule has 1 heteroatoms. The van der Waals surface area contributed by atoms with E-state index < -0.39 is 0 Å². The molecule has 27 heavy (non-hydrogen) atoms. The molecule has 0 nitrogen and oxygen atoms in total. The molecule has 0 spiro atoms. The van der Waals surface area contributed by atoms with Crippen molar-refractivity contribution in [2.45, 2.75) is 0 Å². The Morgan fingerprint density at radius 2 is 1.07 bits per heavy atom. The van der Waals surface area contributed by atoms with Gasteiger partial charge < -0.3 is 0 Å². The standard InChI is InChI=1S/C26H12I/c27-16-9-12-17-20-10-7-14-3-1-5-18-19-6-2-4-15-8-11-21(22(17)13-16)26(24(15)19)25(20)23(14)18/h1-8,10-13H. The van der Waals surface area contributed by atoms with Crippen LogP contribution < -0.4 is 0 Å². The van der Waals surface area contributed by atoms with Crippen LogP contribution in [-0.2, 0) is 0 Å². The summed E-state index contributed by atoms with van der Waals surface area (Å²) >= 11 is 2.37. The van der Waals surface area contributed by atoms with E-state index in [0.29, 0.717) is 0 Å². The summed E-state index contributed by atoms with van der Waals surface area (Å²) in [6.07, 6.45) is 0. The lowest BCUT2D eigenvalue weighted by Crippen LogP contribution is -1.92. The van der Waals surface area contributed by atoms with E-state index in [1.54, 1.807) is 0 Å². The molecule has 0 heterocycles. The highest BCUT2D eigenvalue weighted by Gasteiger charge is 2.19. The van der Waals surface area contributed by atoms with Crippen molar-refractivity contribution in [3.63, 3.8) is 0 Å². The topological polar surface area (TPSA) is 0 Å². The summed E-state index contributed by atoms with van der Waals surface area (Å²) in [5.41, 5.74) is 0. The number of halogens is 1. The number of rotatable bonds is 0. The lowest BCUT2D eigenvalue weighted by molar-refractivity contribution is 1.72. The van der Waals surface area contributed by atoms with Gasteiger partial charge in [-0.25, -0.2) is 0 Å². The average molecular weight is 451 g/mol. The molecule has 0 atom stereocenters. The van der Waals surface area contributed by atoms with Gasteiger partial charge in [-0.3, -0.25) is 0 Å². The van der Waals surface area contributed by atoms with Crippen LogP contribution in [0.4, 0.5) is 0 Å². The third-order valence-electron chi connectivity index (χ3n) is 6.13. The first-order chi connectivity index (χ1) is 13.3. The van der Waals surface area contributed by atoms with Gasteiger partial charge in [0.25, 0.3) is 0 Å². The summed E-state index contributed by atoms with van der Waals surface area (Å²) in [5.74, 6) is 0. The summed E-state index contributed by atoms with van der Waals surface area (Å²) in [7, 11) is 0. The van der Waals surface area contributed by atoms with Gasteiger partial charge >= 0.3 is 0 Å². The summed E-state index contributed by atoms with van der Waals surface area (Å²) < 4.78 is 1.16. The molecule has 0 aromatic heterocycles. The molecule has 7 aromatic rings. The van der Waals surface area contributed by atoms with E-state index in [0.717, 1.165) is 3.57 Å². The molecule has 1 radical (unpaired) electrons. The average Bonchev–Trinajstić information content (AvgIpc) is 2.71. The van der Waals surface area contributed by atoms with Gasteiger partial charge in [-0.2, -0.15) is 0 Å². The highest BCUT2D eigenvalue weighted by atomic mass is 127. The Balaban J connectivity index is 2.02. The van der Waals surface area contributed by atoms with E-state index in [-0.39, 0.29) is 0 Å². The molecule has 7 rings (SSSR count). The molecule has 0 N–H and O–H groups in total. The number of benzene rings is 7. The minimum atomic E-state index is 1.16. The lowest BCUT2D eigenvalue weighted by Gasteiger charge is -2.20. The van der Waals surface area contributed by atoms with E-state index in [1.165, 1.54) is 64.6 Å². The highest BCUT2D eigenvalue weighted by molar-refractivity contribution is 14.1. The molecule has 123 valence electrons. The van der Waals surface area contributed by atoms with Crippen LogP contribution in [0.2, 0.25) is 0 Å². The van der Waals surface area contributed by atoms with Crippen molar-refractivity contribution in [1.29, 1.82) is 0 Å². The molecule has 0 saturated heterocycles. The van der Waals surface area contributed by atoms with Gasteiger partial charge in [0, 0.05) is 3.57 Å². The zero-order valence-corrected chi connectivity index (χ0v) is 16.5. The van der Waals surface area contributed by atoms with Crippen molar-refractivity contribution in [1.82, 2.24) is 0 Å². The highest BCUT2D eigenvalue weighted by Crippen LogP contribution is 2.47. The largest absolute Gasteiger partial charge is 0.0610 e. The SMILES string of the molecule is Ic1[c]cc2c(c1)c1ccc3cccc4c5cccc6ccc2c(c65)c1c34. The summed E-state index contributed by atoms with van der Waals surface area (Å²) in [5, 5.41) is 16.3. The number of hydrogen-bond acceptors (Lipinski definition) is 0. The zero-order chi connectivity index (χ0) is 17.7. The van der Waals surface area contributed by atoms with Crippen molar-refractivity contribution in [2.24, 2.45) is 0 Å². The Kier molecular flexibility index (Phi) is 2.56. The maximum absolute atomic E-state index is 3.42. The Bertz CT molecular complexity index is 1670. The first kappa shape index (κ1) is 14.4. The smallest absolute Gasteiger partial charge is 0.0215 e. The maximum Gasteiger partial charge on any atom is 0.0215 e. The van der Waals surface area contributed by atoms with Crippen LogP contribution >= 0.6 is 22.6 Å². The third-order valence-corrected chi connectivity index (χ3v) is 6.75. The Labute approximate surface area is 169 Å². The monoisotopic (exact) mass is 451 g/mol. The molecular weight excluding hydrogens is 439 g/mol. The molecular formula is C26H12I. The van der Waals surface area contributed by atoms with Crippen LogP contribution in [0.5, 0.6) is 0 Å². The van der Waals surface area contributed by atoms with E-state index in [4.69, 9.17) is 0 Å². The summed E-state index contributed by atoms with van der Waals surface area (Å²) in [6, 6.07) is 30.5. The number of fused-ring (bicyclic) bond motifs is 4. The molecule has 0 unspecified atom stereocenters. The minimum Gasteiger partial charge on any atom is -0.0610 e. The second-order valence-corrected chi connectivity index (χ2v) is 8.55. The Hall–Kier alpha value is -2.65. The van der Waals surface area contributed by atoms with E-state index in [1.807, 2.05) is 0 Å². The van der Waals surface area contributed by atoms with Gasteiger partial charge in [0.15, 0.2) is 0 Å². The van der Waals surface area contributed by atoms with Gasteiger partial charge in [0.1, 0.15) is 0 Å². The Morgan fingerprint density at radius 1 is 0.519 bits per heavy atom. The van der Waals surface area contributed by atoms with Crippen molar-refractivity contribution in [2.75, 3.05) is 0 Å². The van der Waals surface area contributed by atoms with Gasteiger partial charge in [-0.05, 0) is 105 Å². The fraction of sp³-hybridized carbons (Fsp3) is 0. The molecule has 0 aliphatic carbocycles. The molecule has 7 aromatic carbocycles. The third kappa shape index (κ3) is 1.65. The van der Waals surface area contributed by atoms with E-state index in [2.05, 4.69) is 101 Å². The van der Waals surface area contributed by atoms with Crippen LogP contribution in [-0.4, -0.2) is 0 Å². The molecule has 0 bridgehead atoms. The van der Waals surface area contributed by atoms with Gasteiger partial charge in [0.05, 0.1) is 0 Å². The summed E-state index contributed by atoms with van der Waals surface area (Å²) in [6.45, 7) is 0. The normalized spacial score (nSPS) is 12.6. The Morgan fingerprint density at radius 3 is 1.70 bits per heavy atom. The van der Waals surface area contributed by atoms with Crippen LogP contribution in [0.3, 0.4) is 0 Å². The van der Waals surface area contributed by atoms with Crippen LogP contribution in [0, 0.1) is 9.64 Å². The van der Waals surface area contributed by atoms with Crippen molar-refractivity contribution < 1.29 is 0 Å². The second-order valence-electron chi connectivity index (χ2n) is 7.39. The van der Waals surface area contributed by atoms with Crippen LogP contribution in [0.15, 0.2) is 72.8 Å². The molecule has 0 aliphatic rings. The predicted molar refractivity (Wildman–Crippen MR) is 125 cm³/mol. The molecule has 0 saturated carbocycles. The zero-order valence-electron chi connectivity index (χ0n) is 14.3. The van der Waals surface area contributed by atoms with Crippen molar-refractivity contribution in [3.8, 4) is 0 Å². The fourth-order valence-corrected chi connectivity index (χ4v) is 5.55. The van der Waals surface area contributed by atoms with Gasteiger partial charge in [-0.1, -0.05) is 60.7 Å².